The predicted molar refractivity (Wildman–Crippen MR) is 68.5 cm³/mol. The van der Waals surface area contributed by atoms with Crippen molar-refractivity contribution in [3.05, 3.63) is 18.4 Å². The molecule has 0 radical (unpaired) electrons. The second kappa shape index (κ2) is 5.21. The molecule has 3 nitrogen and oxygen atoms in total. The van der Waals surface area contributed by atoms with Gasteiger partial charge < -0.3 is 9.73 Å². The maximum atomic E-state index is 5.27. The van der Waals surface area contributed by atoms with Gasteiger partial charge in [0.15, 0.2) is 6.39 Å². The van der Waals surface area contributed by atoms with Crippen LogP contribution >= 0.6 is 0 Å². The van der Waals surface area contributed by atoms with Crippen molar-refractivity contribution in [1.82, 2.24) is 10.3 Å². The van der Waals surface area contributed by atoms with Crippen molar-refractivity contribution in [2.45, 2.75) is 59.0 Å². The van der Waals surface area contributed by atoms with E-state index in [2.05, 4.69) is 31.1 Å². The van der Waals surface area contributed by atoms with Crippen molar-refractivity contribution in [2.75, 3.05) is 0 Å². The Hall–Kier alpha value is -0.830. The molecule has 0 aliphatic heterocycles. The molecule has 0 spiro atoms. The highest BCUT2D eigenvalue weighted by molar-refractivity contribution is 4.92. The normalized spacial score (nSPS) is 26.1. The van der Waals surface area contributed by atoms with Crippen molar-refractivity contribution in [3.8, 4) is 0 Å². The van der Waals surface area contributed by atoms with E-state index in [0.717, 1.165) is 18.2 Å². The summed E-state index contributed by atoms with van der Waals surface area (Å²) in [6.45, 7) is 7.86. The Bertz CT molecular complexity index is 326. The highest BCUT2D eigenvalue weighted by Crippen LogP contribution is 2.38. The molecule has 1 fully saturated rings. The zero-order valence-electron chi connectivity index (χ0n) is 11.2. The van der Waals surface area contributed by atoms with Crippen molar-refractivity contribution >= 4 is 0 Å². The van der Waals surface area contributed by atoms with Crippen molar-refractivity contribution < 1.29 is 4.42 Å². The number of hydrogen-bond acceptors (Lipinski definition) is 3. The fraction of sp³-hybridized carbons (Fsp3) is 0.786. The average Bonchev–Trinajstić information content (AvgIpc) is 2.78. The van der Waals surface area contributed by atoms with Gasteiger partial charge in [0, 0.05) is 6.04 Å². The van der Waals surface area contributed by atoms with Crippen LogP contribution in [-0.2, 0) is 6.54 Å². The summed E-state index contributed by atoms with van der Waals surface area (Å²) in [5.74, 6) is 1.70. The van der Waals surface area contributed by atoms with E-state index in [1.807, 2.05) is 0 Å². The van der Waals surface area contributed by atoms with Crippen molar-refractivity contribution in [2.24, 2.45) is 11.3 Å². The average molecular weight is 236 g/mol. The third-order valence-corrected chi connectivity index (χ3v) is 3.90. The van der Waals surface area contributed by atoms with Crippen LogP contribution < -0.4 is 5.32 Å². The molecule has 2 unspecified atom stereocenters. The molecule has 1 saturated carbocycles. The molecule has 1 N–H and O–H groups in total. The molecule has 3 heteroatoms. The zero-order valence-corrected chi connectivity index (χ0v) is 11.2. The van der Waals surface area contributed by atoms with E-state index in [9.17, 15) is 0 Å². The first-order valence-electron chi connectivity index (χ1n) is 6.68. The van der Waals surface area contributed by atoms with Crippen LogP contribution in [0.3, 0.4) is 0 Å². The molecular weight excluding hydrogens is 212 g/mol. The third kappa shape index (κ3) is 3.32. The molecule has 2 rings (SSSR count). The van der Waals surface area contributed by atoms with E-state index >= 15 is 0 Å². The third-order valence-electron chi connectivity index (χ3n) is 3.90. The molecule has 1 heterocycles. The molecule has 1 aromatic rings. The second-order valence-corrected chi connectivity index (χ2v) is 6.21. The summed E-state index contributed by atoms with van der Waals surface area (Å²) in [7, 11) is 0. The first kappa shape index (κ1) is 12.6. The van der Waals surface area contributed by atoms with Crippen LogP contribution in [-0.4, -0.2) is 11.0 Å². The summed E-state index contributed by atoms with van der Waals surface area (Å²) >= 11 is 0. The molecular formula is C14H24N2O. The highest BCUT2D eigenvalue weighted by atomic mass is 16.3. The van der Waals surface area contributed by atoms with Gasteiger partial charge >= 0.3 is 0 Å². The van der Waals surface area contributed by atoms with Gasteiger partial charge in [-0.15, -0.1) is 0 Å². The van der Waals surface area contributed by atoms with Gasteiger partial charge in [0.2, 0.25) is 0 Å². The van der Waals surface area contributed by atoms with Gasteiger partial charge in [-0.1, -0.05) is 33.6 Å². The number of nitrogens with one attached hydrogen (secondary N) is 1. The standard InChI is InChI=1S/C14H24N2O/c1-14(2,3)12-6-4-5-7-13(12)16-9-11-8-15-10-17-11/h8,10,12-13,16H,4-7,9H2,1-3H3. The molecule has 2 atom stereocenters. The Morgan fingerprint density at radius 3 is 2.76 bits per heavy atom. The Labute approximate surface area is 104 Å². The summed E-state index contributed by atoms with van der Waals surface area (Å²) in [4.78, 5) is 3.95. The van der Waals surface area contributed by atoms with Gasteiger partial charge in [0.05, 0.1) is 12.7 Å². The highest BCUT2D eigenvalue weighted by Gasteiger charge is 2.33. The summed E-state index contributed by atoms with van der Waals surface area (Å²) < 4.78 is 5.27. The van der Waals surface area contributed by atoms with E-state index in [-0.39, 0.29) is 0 Å². The van der Waals surface area contributed by atoms with Gasteiger partial charge in [-0.3, -0.25) is 0 Å². The number of rotatable bonds is 3. The first-order valence-corrected chi connectivity index (χ1v) is 6.68. The van der Waals surface area contributed by atoms with Gasteiger partial charge in [0.25, 0.3) is 0 Å². The van der Waals surface area contributed by atoms with Crippen molar-refractivity contribution in [1.29, 1.82) is 0 Å². The monoisotopic (exact) mass is 236 g/mol. The number of aromatic nitrogens is 1. The van der Waals surface area contributed by atoms with Crippen LogP contribution in [0.15, 0.2) is 17.0 Å². The van der Waals surface area contributed by atoms with E-state index in [1.165, 1.54) is 32.1 Å². The van der Waals surface area contributed by atoms with Gasteiger partial charge in [-0.2, -0.15) is 0 Å². The summed E-state index contributed by atoms with van der Waals surface area (Å²) in [5, 5.41) is 3.65. The molecule has 17 heavy (non-hydrogen) atoms. The molecule has 0 saturated heterocycles. The van der Waals surface area contributed by atoms with Crippen LogP contribution in [0.1, 0.15) is 52.2 Å². The lowest BCUT2D eigenvalue weighted by Crippen LogP contribution is -2.43. The summed E-state index contributed by atoms with van der Waals surface area (Å²) in [5.41, 5.74) is 0.388. The fourth-order valence-electron chi connectivity index (χ4n) is 2.97. The predicted octanol–water partition coefficient (Wildman–Crippen LogP) is 3.37. The van der Waals surface area contributed by atoms with E-state index in [4.69, 9.17) is 4.42 Å². The van der Waals surface area contributed by atoms with Crippen LogP contribution in [0, 0.1) is 11.3 Å². The second-order valence-electron chi connectivity index (χ2n) is 6.21. The summed E-state index contributed by atoms with van der Waals surface area (Å²) in [6, 6.07) is 0.619. The van der Waals surface area contributed by atoms with Crippen LogP contribution in [0.2, 0.25) is 0 Å². The summed E-state index contributed by atoms with van der Waals surface area (Å²) in [6.07, 6.45) is 8.65. The van der Waals surface area contributed by atoms with Crippen LogP contribution in [0.4, 0.5) is 0 Å². The minimum absolute atomic E-state index is 0.388. The quantitative estimate of drug-likeness (QED) is 0.874. The number of oxazole rings is 1. The molecule has 1 aromatic heterocycles. The lowest BCUT2D eigenvalue weighted by Gasteiger charge is -2.40. The van der Waals surface area contributed by atoms with Crippen LogP contribution in [0.25, 0.3) is 0 Å². The number of nitrogens with zero attached hydrogens (tertiary/aromatic N) is 1. The topological polar surface area (TPSA) is 38.1 Å². The van der Waals surface area contributed by atoms with Gasteiger partial charge in [-0.05, 0) is 24.2 Å². The minimum atomic E-state index is 0.388. The van der Waals surface area contributed by atoms with Gasteiger partial charge in [-0.25, -0.2) is 4.98 Å². The zero-order chi connectivity index (χ0) is 12.3. The van der Waals surface area contributed by atoms with E-state index in [0.29, 0.717) is 11.5 Å². The fourth-order valence-corrected chi connectivity index (χ4v) is 2.97. The largest absolute Gasteiger partial charge is 0.447 e. The smallest absolute Gasteiger partial charge is 0.180 e. The van der Waals surface area contributed by atoms with E-state index in [1.54, 1.807) is 6.20 Å². The lowest BCUT2D eigenvalue weighted by molar-refractivity contribution is 0.128. The molecule has 96 valence electrons. The SMILES string of the molecule is CC(C)(C)C1CCCCC1NCc1cnco1. The maximum Gasteiger partial charge on any atom is 0.180 e. The minimum Gasteiger partial charge on any atom is -0.447 e. The maximum absolute atomic E-state index is 5.27. The molecule has 0 bridgehead atoms. The van der Waals surface area contributed by atoms with Crippen LogP contribution in [0.5, 0.6) is 0 Å². The molecule has 1 aliphatic carbocycles. The first-order chi connectivity index (χ1) is 8.07. The Morgan fingerprint density at radius 1 is 1.35 bits per heavy atom. The number of hydrogen-bond donors (Lipinski definition) is 1. The molecule has 1 aliphatic rings. The Kier molecular flexibility index (Phi) is 3.87. The van der Waals surface area contributed by atoms with Crippen molar-refractivity contribution in [3.63, 3.8) is 0 Å². The van der Waals surface area contributed by atoms with E-state index < -0.39 is 0 Å². The lowest BCUT2D eigenvalue weighted by atomic mass is 9.69. The Balaban J connectivity index is 1.92. The van der Waals surface area contributed by atoms with Gasteiger partial charge in [0.1, 0.15) is 5.76 Å². The molecule has 0 aromatic carbocycles. The Morgan fingerprint density at radius 2 is 2.12 bits per heavy atom. The molecule has 0 amide bonds.